The lowest BCUT2D eigenvalue weighted by molar-refractivity contribution is -0.119. The number of halogens is 2. The summed E-state index contributed by atoms with van der Waals surface area (Å²) >= 11 is 0. The minimum Gasteiger partial charge on any atom is -0.452 e. The highest BCUT2D eigenvalue weighted by Crippen LogP contribution is 2.17. The predicted octanol–water partition coefficient (Wildman–Crippen LogP) is 2.96. The number of nitrogens with one attached hydrogen (secondary N) is 1. The van der Waals surface area contributed by atoms with Crippen LogP contribution in [0.15, 0.2) is 48.5 Å². The number of alkyl halides is 2. The summed E-state index contributed by atoms with van der Waals surface area (Å²) in [6.45, 7) is -3.45. The SMILES string of the molecule is CS(=O)Cc1cccc(C(=O)OCC(=O)Nc2ccc(OC(F)F)cc2)c1. The summed E-state index contributed by atoms with van der Waals surface area (Å²) in [4.78, 5) is 23.9. The second kappa shape index (κ2) is 9.77. The molecule has 0 saturated carbocycles. The fourth-order valence-corrected chi connectivity index (χ4v) is 2.80. The lowest BCUT2D eigenvalue weighted by Crippen LogP contribution is -2.21. The Morgan fingerprint density at radius 3 is 2.48 bits per heavy atom. The molecule has 0 fully saturated rings. The Morgan fingerprint density at radius 1 is 1.15 bits per heavy atom. The van der Waals surface area contributed by atoms with Gasteiger partial charge >= 0.3 is 12.6 Å². The first-order valence-electron chi connectivity index (χ1n) is 7.74. The van der Waals surface area contributed by atoms with E-state index in [2.05, 4.69) is 10.1 Å². The van der Waals surface area contributed by atoms with E-state index in [1.807, 2.05) is 0 Å². The summed E-state index contributed by atoms with van der Waals surface area (Å²) < 4.78 is 44.6. The first-order valence-corrected chi connectivity index (χ1v) is 9.47. The fourth-order valence-electron chi connectivity index (χ4n) is 2.15. The van der Waals surface area contributed by atoms with Gasteiger partial charge in [-0.1, -0.05) is 12.1 Å². The molecule has 2 aromatic carbocycles. The van der Waals surface area contributed by atoms with E-state index in [1.165, 1.54) is 30.3 Å². The number of hydrogen-bond acceptors (Lipinski definition) is 5. The van der Waals surface area contributed by atoms with Crippen LogP contribution in [0.25, 0.3) is 0 Å². The molecule has 0 aliphatic heterocycles. The van der Waals surface area contributed by atoms with Crippen LogP contribution in [0.5, 0.6) is 5.75 Å². The zero-order valence-electron chi connectivity index (χ0n) is 14.3. The van der Waals surface area contributed by atoms with Gasteiger partial charge in [-0.05, 0) is 42.0 Å². The van der Waals surface area contributed by atoms with Crippen molar-refractivity contribution in [1.29, 1.82) is 0 Å². The molecule has 1 atom stereocenters. The topological polar surface area (TPSA) is 81.7 Å². The van der Waals surface area contributed by atoms with Crippen molar-refractivity contribution in [3.8, 4) is 5.75 Å². The van der Waals surface area contributed by atoms with Crippen LogP contribution in [-0.2, 0) is 26.1 Å². The predicted molar refractivity (Wildman–Crippen MR) is 96.2 cm³/mol. The normalized spacial score (nSPS) is 11.7. The Labute approximate surface area is 156 Å². The van der Waals surface area contributed by atoms with E-state index < -0.39 is 35.9 Å². The number of amides is 1. The third-order valence-electron chi connectivity index (χ3n) is 3.23. The first kappa shape index (κ1) is 20.5. The maximum absolute atomic E-state index is 12.1. The van der Waals surface area contributed by atoms with E-state index >= 15 is 0 Å². The summed E-state index contributed by atoms with van der Waals surface area (Å²) in [6, 6.07) is 11.8. The van der Waals surface area contributed by atoms with Gasteiger partial charge in [0.25, 0.3) is 5.91 Å². The number of benzene rings is 2. The average Bonchev–Trinajstić information content (AvgIpc) is 2.60. The number of hydrogen-bond donors (Lipinski definition) is 1. The molecule has 9 heteroatoms. The van der Waals surface area contributed by atoms with Crippen molar-refractivity contribution < 1.29 is 32.1 Å². The summed E-state index contributed by atoms with van der Waals surface area (Å²) in [5.74, 6) is -0.999. The highest BCUT2D eigenvalue weighted by molar-refractivity contribution is 7.83. The van der Waals surface area contributed by atoms with Gasteiger partial charge in [-0.2, -0.15) is 8.78 Å². The molecular formula is C18H17F2NO5S. The van der Waals surface area contributed by atoms with Crippen LogP contribution < -0.4 is 10.1 Å². The van der Waals surface area contributed by atoms with Crippen LogP contribution in [0.4, 0.5) is 14.5 Å². The van der Waals surface area contributed by atoms with E-state index in [-0.39, 0.29) is 11.3 Å². The molecule has 1 N–H and O–H groups in total. The molecule has 0 aromatic heterocycles. The first-order chi connectivity index (χ1) is 12.8. The molecule has 0 bridgehead atoms. The number of rotatable bonds is 8. The van der Waals surface area contributed by atoms with Crippen molar-refractivity contribution in [2.45, 2.75) is 12.4 Å². The van der Waals surface area contributed by atoms with Crippen LogP contribution in [0.2, 0.25) is 0 Å². The Balaban J connectivity index is 1.86. The highest BCUT2D eigenvalue weighted by Gasteiger charge is 2.12. The number of esters is 1. The van der Waals surface area contributed by atoms with Gasteiger partial charge < -0.3 is 14.8 Å². The second-order valence-electron chi connectivity index (χ2n) is 5.45. The van der Waals surface area contributed by atoms with Crippen LogP contribution in [0.1, 0.15) is 15.9 Å². The van der Waals surface area contributed by atoms with Crippen molar-refractivity contribution in [3.63, 3.8) is 0 Å². The van der Waals surface area contributed by atoms with Crippen molar-refractivity contribution in [1.82, 2.24) is 0 Å². The van der Waals surface area contributed by atoms with Crippen molar-refractivity contribution in [2.24, 2.45) is 0 Å². The van der Waals surface area contributed by atoms with Gasteiger partial charge in [0.15, 0.2) is 6.61 Å². The molecule has 2 rings (SSSR count). The number of carbonyl (C=O) groups is 2. The minimum absolute atomic E-state index is 0.0395. The zero-order valence-corrected chi connectivity index (χ0v) is 15.1. The summed E-state index contributed by atoms with van der Waals surface area (Å²) in [6.07, 6.45) is 1.56. The quantitative estimate of drug-likeness (QED) is 0.693. The largest absolute Gasteiger partial charge is 0.452 e. The molecule has 0 saturated heterocycles. The van der Waals surface area contributed by atoms with E-state index in [4.69, 9.17) is 4.74 Å². The van der Waals surface area contributed by atoms with Crippen molar-refractivity contribution in [3.05, 3.63) is 59.7 Å². The highest BCUT2D eigenvalue weighted by atomic mass is 32.2. The third kappa shape index (κ3) is 7.14. The van der Waals surface area contributed by atoms with Gasteiger partial charge in [0.1, 0.15) is 5.75 Å². The second-order valence-corrected chi connectivity index (χ2v) is 6.88. The number of anilines is 1. The molecule has 0 heterocycles. The lowest BCUT2D eigenvalue weighted by Gasteiger charge is -2.08. The summed E-state index contributed by atoms with van der Waals surface area (Å²) in [5.41, 5.74) is 1.31. The molecule has 2 aromatic rings. The van der Waals surface area contributed by atoms with E-state index in [0.29, 0.717) is 11.4 Å². The lowest BCUT2D eigenvalue weighted by atomic mass is 10.1. The Bertz CT molecular complexity index is 827. The molecule has 0 aliphatic rings. The van der Waals surface area contributed by atoms with Gasteiger partial charge in [-0.25, -0.2) is 4.79 Å². The smallest absolute Gasteiger partial charge is 0.387 e. The van der Waals surface area contributed by atoms with Crippen LogP contribution in [-0.4, -0.2) is 35.6 Å². The van der Waals surface area contributed by atoms with Gasteiger partial charge in [0, 0.05) is 28.5 Å². The standard InChI is InChI=1S/C18H17F2NO5S/c1-27(24)11-12-3-2-4-13(9-12)17(23)25-10-16(22)21-14-5-7-15(8-6-14)26-18(19)20/h2-9,18H,10-11H2,1H3,(H,21,22). The Hall–Kier alpha value is -2.81. The molecule has 0 aliphatic carbocycles. The third-order valence-corrected chi connectivity index (χ3v) is 3.97. The van der Waals surface area contributed by atoms with Gasteiger partial charge in [0.05, 0.1) is 5.56 Å². The van der Waals surface area contributed by atoms with E-state index in [0.717, 1.165) is 5.56 Å². The Kier molecular flexibility index (Phi) is 7.42. The molecule has 1 amide bonds. The van der Waals surface area contributed by atoms with Crippen molar-refractivity contribution >= 4 is 28.4 Å². The maximum atomic E-state index is 12.1. The minimum atomic E-state index is -2.93. The average molecular weight is 397 g/mol. The molecule has 144 valence electrons. The van der Waals surface area contributed by atoms with Gasteiger partial charge in [-0.15, -0.1) is 0 Å². The summed E-state index contributed by atoms with van der Waals surface area (Å²) in [5, 5.41) is 2.47. The van der Waals surface area contributed by atoms with Crippen LogP contribution >= 0.6 is 0 Å². The van der Waals surface area contributed by atoms with Crippen LogP contribution in [0.3, 0.4) is 0 Å². The zero-order chi connectivity index (χ0) is 19.8. The van der Waals surface area contributed by atoms with Crippen LogP contribution in [0, 0.1) is 0 Å². The maximum Gasteiger partial charge on any atom is 0.387 e. The molecule has 6 nitrogen and oxygen atoms in total. The molecular weight excluding hydrogens is 380 g/mol. The molecule has 27 heavy (non-hydrogen) atoms. The van der Waals surface area contributed by atoms with E-state index in [9.17, 15) is 22.6 Å². The van der Waals surface area contributed by atoms with Crippen molar-refractivity contribution in [2.75, 3.05) is 18.2 Å². The number of ether oxygens (including phenoxy) is 2. The fraction of sp³-hybridized carbons (Fsp3) is 0.222. The van der Waals surface area contributed by atoms with Gasteiger partial charge in [0.2, 0.25) is 0 Å². The summed E-state index contributed by atoms with van der Waals surface area (Å²) in [7, 11) is -1.04. The monoisotopic (exact) mass is 397 g/mol. The molecule has 1 unspecified atom stereocenters. The molecule has 0 spiro atoms. The molecule has 0 radical (unpaired) electrons. The number of carbonyl (C=O) groups excluding carboxylic acids is 2. The van der Waals surface area contributed by atoms with E-state index in [1.54, 1.807) is 24.5 Å². The Morgan fingerprint density at radius 2 is 1.85 bits per heavy atom. The van der Waals surface area contributed by atoms with Gasteiger partial charge in [-0.3, -0.25) is 9.00 Å².